The van der Waals surface area contributed by atoms with Gasteiger partial charge in [-0.15, -0.1) is 0 Å². The molecule has 0 fully saturated rings. The van der Waals surface area contributed by atoms with Gasteiger partial charge in [0.1, 0.15) is 5.75 Å². The molecule has 5 heteroatoms. The molecule has 5 nitrogen and oxygen atoms in total. The summed E-state index contributed by atoms with van der Waals surface area (Å²) in [6.45, 7) is 1.44. The van der Waals surface area contributed by atoms with E-state index in [-0.39, 0.29) is 6.42 Å². The maximum Gasteiger partial charge on any atom is 0.315 e. The Morgan fingerprint density at radius 1 is 1.47 bits per heavy atom. The summed E-state index contributed by atoms with van der Waals surface area (Å²) >= 11 is 0. The fourth-order valence-corrected chi connectivity index (χ4v) is 1.09. The van der Waals surface area contributed by atoms with E-state index in [9.17, 15) is 14.9 Å². The second-order valence-electron chi connectivity index (χ2n) is 3.45. The highest BCUT2D eigenvalue weighted by Crippen LogP contribution is 2.09. The normalized spacial score (nSPS) is 12.3. The van der Waals surface area contributed by atoms with Crippen LogP contribution in [0.25, 0.3) is 0 Å². The standard InChI is InChI=1S/C12H13NO4/c1-10(13(15)16)6-5-9-12(14)17-11-7-3-2-4-8-11/h2-8,10H,9H2,1H3. The number of benzene rings is 1. The highest BCUT2D eigenvalue weighted by atomic mass is 16.6. The molecule has 0 radical (unpaired) electrons. The lowest BCUT2D eigenvalue weighted by Gasteiger charge is -2.01. The molecule has 1 atom stereocenters. The van der Waals surface area contributed by atoms with Crippen LogP contribution in [-0.4, -0.2) is 16.9 Å². The topological polar surface area (TPSA) is 69.4 Å². The van der Waals surface area contributed by atoms with E-state index in [2.05, 4.69) is 0 Å². The fraction of sp³-hybridized carbons (Fsp3) is 0.250. The predicted octanol–water partition coefficient (Wildman–Crippen LogP) is 2.20. The molecule has 0 N–H and O–H groups in total. The van der Waals surface area contributed by atoms with Gasteiger partial charge >= 0.3 is 5.97 Å². The summed E-state index contributed by atoms with van der Waals surface area (Å²) in [4.78, 5) is 21.2. The molecule has 0 aliphatic rings. The second-order valence-corrected chi connectivity index (χ2v) is 3.45. The summed E-state index contributed by atoms with van der Waals surface area (Å²) in [5.74, 6) is 0.0243. The van der Waals surface area contributed by atoms with Crippen LogP contribution in [-0.2, 0) is 4.79 Å². The minimum Gasteiger partial charge on any atom is -0.426 e. The van der Waals surface area contributed by atoms with E-state index in [1.54, 1.807) is 24.3 Å². The number of rotatable bonds is 5. The van der Waals surface area contributed by atoms with E-state index >= 15 is 0 Å². The first-order valence-electron chi connectivity index (χ1n) is 5.15. The third-order valence-corrected chi connectivity index (χ3v) is 2.01. The Morgan fingerprint density at radius 3 is 2.71 bits per heavy atom. The van der Waals surface area contributed by atoms with E-state index in [4.69, 9.17) is 4.74 Å². The number of hydrogen-bond acceptors (Lipinski definition) is 4. The zero-order valence-corrected chi connectivity index (χ0v) is 9.41. The van der Waals surface area contributed by atoms with Gasteiger partial charge in [-0.3, -0.25) is 14.9 Å². The summed E-state index contributed by atoms with van der Waals surface area (Å²) in [5, 5.41) is 10.3. The fourth-order valence-electron chi connectivity index (χ4n) is 1.09. The van der Waals surface area contributed by atoms with Gasteiger partial charge in [0.25, 0.3) is 0 Å². The molecule has 1 rings (SSSR count). The van der Waals surface area contributed by atoms with E-state index in [1.807, 2.05) is 6.07 Å². The largest absolute Gasteiger partial charge is 0.426 e. The first-order valence-corrected chi connectivity index (χ1v) is 5.15. The Kier molecular flexibility index (Phi) is 4.87. The summed E-state index contributed by atoms with van der Waals surface area (Å²) in [6, 6.07) is 7.87. The third kappa shape index (κ3) is 4.92. The number of carbonyl (C=O) groups excluding carboxylic acids is 1. The van der Waals surface area contributed by atoms with Crippen molar-refractivity contribution in [1.29, 1.82) is 0 Å². The lowest BCUT2D eigenvalue weighted by atomic mass is 10.3. The molecular weight excluding hydrogens is 222 g/mol. The van der Waals surface area contributed by atoms with Crippen molar-refractivity contribution in [2.75, 3.05) is 0 Å². The molecule has 0 aliphatic heterocycles. The molecular formula is C12H13NO4. The quantitative estimate of drug-likeness (QED) is 0.258. The van der Waals surface area contributed by atoms with E-state index < -0.39 is 16.9 Å². The molecule has 17 heavy (non-hydrogen) atoms. The van der Waals surface area contributed by atoms with Gasteiger partial charge in [-0.25, -0.2) is 0 Å². The number of esters is 1. The highest BCUT2D eigenvalue weighted by molar-refractivity contribution is 5.73. The smallest absolute Gasteiger partial charge is 0.315 e. The summed E-state index contributed by atoms with van der Waals surface area (Å²) in [5.41, 5.74) is 0. The molecule has 0 bridgehead atoms. The summed E-state index contributed by atoms with van der Waals surface area (Å²) < 4.78 is 5.00. The van der Waals surface area contributed by atoms with Gasteiger partial charge < -0.3 is 4.74 Å². The molecule has 1 aromatic rings. The SMILES string of the molecule is CC(C=CCC(=O)Oc1ccccc1)[N+](=O)[O-]. The Hall–Kier alpha value is -2.17. The van der Waals surface area contributed by atoms with Crippen molar-refractivity contribution in [3.05, 3.63) is 52.6 Å². The van der Waals surface area contributed by atoms with Crippen molar-refractivity contribution >= 4 is 5.97 Å². The third-order valence-electron chi connectivity index (χ3n) is 2.01. The lowest BCUT2D eigenvalue weighted by Crippen LogP contribution is -2.12. The van der Waals surface area contributed by atoms with Gasteiger partial charge in [0.2, 0.25) is 6.04 Å². The average molecular weight is 235 g/mol. The molecule has 0 saturated heterocycles. The number of para-hydroxylation sites is 1. The molecule has 0 saturated carbocycles. The van der Waals surface area contributed by atoms with Crippen molar-refractivity contribution in [1.82, 2.24) is 0 Å². The van der Waals surface area contributed by atoms with Crippen LogP contribution in [0.2, 0.25) is 0 Å². The van der Waals surface area contributed by atoms with Crippen molar-refractivity contribution in [3.63, 3.8) is 0 Å². The van der Waals surface area contributed by atoms with Crippen molar-refractivity contribution in [2.24, 2.45) is 0 Å². The molecule has 1 aromatic carbocycles. The van der Waals surface area contributed by atoms with Crippen LogP contribution in [0, 0.1) is 10.1 Å². The molecule has 1 unspecified atom stereocenters. The van der Waals surface area contributed by atoms with Crippen LogP contribution in [0.3, 0.4) is 0 Å². The Balaban J connectivity index is 2.38. The minimum absolute atomic E-state index is 0.0209. The Bertz CT molecular complexity index is 414. The van der Waals surface area contributed by atoms with Crippen molar-refractivity contribution in [2.45, 2.75) is 19.4 Å². The first-order chi connectivity index (χ1) is 8.09. The maximum atomic E-state index is 11.3. The van der Waals surface area contributed by atoms with Crippen molar-refractivity contribution < 1.29 is 14.5 Å². The van der Waals surface area contributed by atoms with Crippen LogP contribution < -0.4 is 4.74 Å². The zero-order chi connectivity index (χ0) is 12.7. The average Bonchev–Trinajstić information content (AvgIpc) is 2.30. The van der Waals surface area contributed by atoms with Gasteiger partial charge in [-0.05, 0) is 18.2 Å². The van der Waals surface area contributed by atoms with E-state index in [0.717, 1.165) is 0 Å². The molecule has 0 amide bonds. The lowest BCUT2D eigenvalue weighted by molar-refractivity contribution is -0.504. The van der Waals surface area contributed by atoms with Crippen LogP contribution in [0.1, 0.15) is 13.3 Å². The molecule has 90 valence electrons. The monoisotopic (exact) mass is 235 g/mol. The summed E-state index contributed by atoms with van der Waals surface area (Å²) in [6.07, 6.45) is 2.83. The van der Waals surface area contributed by atoms with E-state index in [0.29, 0.717) is 5.75 Å². The number of nitrogens with zero attached hydrogens (tertiary/aromatic N) is 1. The van der Waals surface area contributed by atoms with Crippen LogP contribution >= 0.6 is 0 Å². The number of nitro groups is 1. The molecule has 0 aromatic heterocycles. The first kappa shape index (κ1) is 12.9. The van der Waals surface area contributed by atoms with Gasteiger partial charge in [-0.1, -0.05) is 24.3 Å². The van der Waals surface area contributed by atoms with Gasteiger partial charge in [0.05, 0.1) is 6.42 Å². The predicted molar refractivity (Wildman–Crippen MR) is 62.3 cm³/mol. The maximum absolute atomic E-state index is 11.3. The molecule has 0 spiro atoms. The molecule has 0 heterocycles. The van der Waals surface area contributed by atoms with Crippen LogP contribution in [0.15, 0.2) is 42.5 Å². The number of carbonyl (C=O) groups is 1. The number of hydrogen-bond donors (Lipinski definition) is 0. The minimum atomic E-state index is -0.792. The molecule has 0 aliphatic carbocycles. The highest BCUT2D eigenvalue weighted by Gasteiger charge is 2.07. The zero-order valence-electron chi connectivity index (χ0n) is 9.41. The van der Waals surface area contributed by atoms with Crippen LogP contribution in [0.4, 0.5) is 0 Å². The Labute approximate surface area is 98.9 Å². The van der Waals surface area contributed by atoms with Gasteiger partial charge in [0, 0.05) is 11.8 Å². The van der Waals surface area contributed by atoms with Gasteiger partial charge in [0.15, 0.2) is 0 Å². The van der Waals surface area contributed by atoms with Gasteiger partial charge in [-0.2, -0.15) is 0 Å². The summed E-state index contributed by atoms with van der Waals surface area (Å²) in [7, 11) is 0. The van der Waals surface area contributed by atoms with Crippen LogP contribution in [0.5, 0.6) is 5.75 Å². The second kappa shape index (κ2) is 6.42. The van der Waals surface area contributed by atoms with E-state index in [1.165, 1.54) is 19.1 Å². The number of ether oxygens (including phenoxy) is 1. The Morgan fingerprint density at radius 2 is 2.12 bits per heavy atom. The van der Waals surface area contributed by atoms with Crippen molar-refractivity contribution in [3.8, 4) is 5.75 Å².